The van der Waals surface area contributed by atoms with E-state index in [4.69, 9.17) is 9.53 Å². The summed E-state index contributed by atoms with van der Waals surface area (Å²) in [5.41, 5.74) is 0. The zero-order valence-electron chi connectivity index (χ0n) is 13.2. The van der Waals surface area contributed by atoms with Crippen LogP contribution in [0.5, 0.6) is 0 Å². The van der Waals surface area contributed by atoms with Crippen LogP contribution in [0.3, 0.4) is 0 Å². The van der Waals surface area contributed by atoms with Crippen LogP contribution in [0.2, 0.25) is 18.1 Å². The molecule has 20 heavy (non-hydrogen) atoms. The fourth-order valence-electron chi connectivity index (χ4n) is 2.01. The van der Waals surface area contributed by atoms with Gasteiger partial charge in [-0.15, -0.1) is 0 Å². The van der Waals surface area contributed by atoms with E-state index in [-0.39, 0.29) is 23.4 Å². The summed E-state index contributed by atoms with van der Waals surface area (Å²) in [6.07, 6.45) is 1.28. The van der Waals surface area contributed by atoms with Crippen LogP contribution in [-0.2, 0) is 14.0 Å². The molecule has 1 heterocycles. The number of carbonyl (C=O) groups is 2. The Morgan fingerprint density at radius 3 is 2.55 bits per heavy atom. The van der Waals surface area contributed by atoms with Gasteiger partial charge in [0.15, 0.2) is 8.32 Å². The standard InChI is InChI=1S/C14H27NO4Si/c1-14(2,3)20(4,5)19-10-11-6-7-12(16)15(11)9-8-13(17)18/h11H,6-10H2,1-5H3,(H,17,18)/t11-/m1/s1. The van der Waals surface area contributed by atoms with Gasteiger partial charge < -0.3 is 14.4 Å². The first-order valence-corrected chi connectivity index (χ1v) is 10.1. The summed E-state index contributed by atoms with van der Waals surface area (Å²) in [6.45, 7) is 11.7. The molecule has 0 saturated carbocycles. The van der Waals surface area contributed by atoms with Gasteiger partial charge in [-0.25, -0.2) is 0 Å². The van der Waals surface area contributed by atoms with Crippen molar-refractivity contribution < 1.29 is 19.1 Å². The maximum absolute atomic E-state index is 11.8. The average molecular weight is 301 g/mol. The average Bonchev–Trinajstić information content (AvgIpc) is 2.63. The number of hydrogen-bond acceptors (Lipinski definition) is 3. The van der Waals surface area contributed by atoms with E-state index in [1.807, 2.05) is 0 Å². The lowest BCUT2D eigenvalue weighted by molar-refractivity contribution is -0.138. The molecule has 0 aromatic heterocycles. The van der Waals surface area contributed by atoms with Crippen molar-refractivity contribution in [2.45, 2.75) is 64.2 Å². The van der Waals surface area contributed by atoms with Crippen LogP contribution < -0.4 is 0 Å². The van der Waals surface area contributed by atoms with Crippen LogP contribution in [0, 0.1) is 0 Å². The Balaban J connectivity index is 2.58. The lowest BCUT2D eigenvalue weighted by atomic mass is 10.2. The highest BCUT2D eigenvalue weighted by atomic mass is 28.4. The fourth-order valence-corrected chi connectivity index (χ4v) is 3.05. The van der Waals surface area contributed by atoms with Gasteiger partial charge in [0, 0.05) is 13.0 Å². The smallest absolute Gasteiger partial charge is 0.305 e. The van der Waals surface area contributed by atoms with Crippen molar-refractivity contribution in [2.24, 2.45) is 0 Å². The van der Waals surface area contributed by atoms with Crippen molar-refractivity contribution in [1.82, 2.24) is 4.90 Å². The number of carboxylic acid groups (broad SMARTS) is 1. The van der Waals surface area contributed by atoms with Crippen LogP contribution >= 0.6 is 0 Å². The topological polar surface area (TPSA) is 66.8 Å². The molecule has 1 saturated heterocycles. The SMILES string of the molecule is CC(C)(C)[Si](C)(C)OC[C@H]1CCC(=O)N1CCC(=O)O. The van der Waals surface area contributed by atoms with E-state index >= 15 is 0 Å². The molecular formula is C14H27NO4Si. The van der Waals surface area contributed by atoms with E-state index in [0.717, 1.165) is 6.42 Å². The van der Waals surface area contributed by atoms with E-state index in [2.05, 4.69) is 33.9 Å². The number of aliphatic carboxylic acids is 1. The molecule has 0 unspecified atom stereocenters. The summed E-state index contributed by atoms with van der Waals surface area (Å²) in [7, 11) is -1.82. The summed E-state index contributed by atoms with van der Waals surface area (Å²) in [5.74, 6) is -0.816. The summed E-state index contributed by atoms with van der Waals surface area (Å²) < 4.78 is 6.16. The maximum Gasteiger partial charge on any atom is 0.305 e. The van der Waals surface area contributed by atoms with Gasteiger partial charge in [0.2, 0.25) is 5.91 Å². The van der Waals surface area contributed by atoms with E-state index in [9.17, 15) is 9.59 Å². The molecule has 1 amide bonds. The van der Waals surface area contributed by atoms with Crippen LogP contribution in [-0.4, -0.2) is 49.4 Å². The number of rotatable bonds is 6. The first-order chi connectivity index (χ1) is 9.04. The lowest BCUT2D eigenvalue weighted by Gasteiger charge is -2.38. The Bertz CT molecular complexity index is 376. The van der Waals surface area contributed by atoms with Crippen molar-refractivity contribution in [3.8, 4) is 0 Å². The molecule has 1 rings (SSSR count). The molecule has 6 heteroatoms. The monoisotopic (exact) mass is 301 g/mol. The number of likely N-dealkylation sites (tertiary alicyclic amines) is 1. The van der Waals surface area contributed by atoms with E-state index in [1.165, 1.54) is 0 Å². The molecule has 1 N–H and O–H groups in total. The predicted molar refractivity (Wildman–Crippen MR) is 80.1 cm³/mol. The summed E-state index contributed by atoms with van der Waals surface area (Å²) in [5, 5.41) is 8.89. The summed E-state index contributed by atoms with van der Waals surface area (Å²) in [6, 6.07) is 0.0379. The first kappa shape index (κ1) is 17.2. The van der Waals surface area contributed by atoms with Gasteiger partial charge in [0.05, 0.1) is 19.1 Å². The van der Waals surface area contributed by atoms with Crippen LogP contribution in [0.25, 0.3) is 0 Å². The van der Waals surface area contributed by atoms with Gasteiger partial charge in [0.1, 0.15) is 0 Å². The molecule has 0 aliphatic carbocycles. The van der Waals surface area contributed by atoms with Crippen molar-refractivity contribution in [2.75, 3.05) is 13.2 Å². The minimum Gasteiger partial charge on any atom is -0.481 e. The second-order valence-corrected chi connectivity index (χ2v) is 11.8. The third-order valence-corrected chi connectivity index (χ3v) is 8.96. The normalized spacial score (nSPS) is 20.6. The van der Waals surface area contributed by atoms with Crippen LogP contribution in [0.15, 0.2) is 0 Å². The Kier molecular flexibility index (Phi) is 5.37. The Hall–Kier alpha value is -0.883. The van der Waals surface area contributed by atoms with E-state index in [0.29, 0.717) is 19.6 Å². The zero-order valence-corrected chi connectivity index (χ0v) is 14.2. The third kappa shape index (κ3) is 4.31. The summed E-state index contributed by atoms with van der Waals surface area (Å²) in [4.78, 5) is 24.1. The number of hydrogen-bond donors (Lipinski definition) is 1. The van der Waals surface area contributed by atoms with Crippen molar-refractivity contribution in [3.63, 3.8) is 0 Å². The Labute approximate surface area is 122 Å². The van der Waals surface area contributed by atoms with Gasteiger partial charge >= 0.3 is 5.97 Å². The highest BCUT2D eigenvalue weighted by molar-refractivity contribution is 6.74. The molecule has 1 atom stereocenters. The fraction of sp³-hybridized carbons (Fsp3) is 0.857. The first-order valence-electron chi connectivity index (χ1n) is 7.20. The van der Waals surface area contributed by atoms with Gasteiger partial charge in [0.25, 0.3) is 0 Å². The minimum absolute atomic E-state index is 0.00231. The van der Waals surface area contributed by atoms with Crippen molar-refractivity contribution in [1.29, 1.82) is 0 Å². The molecule has 0 aromatic rings. The highest BCUT2D eigenvalue weighted by Gasteiger charge is 2.39. The largest absolute Gasteiger partial charge is 0.481 e. The Morgan fingerprint density at radius 2 is 2.05 bits per heavy atom. The molecule has 1 aliphatic heterocycles. The molecule has 0 radical (unpaired) electrons. The molecule has 116 valence electrons. The quantitative estimate of drug-likeness (QED) is 0.765. The number of carbonyl (C=O) groups excluding carboxylic acids is 1. The molecular weight excluding hydrogens is 274 g/mol. The van der Waals surface area contributed by atoms with Crippen molar-refractivity contribution in [3.05, 3.63) is 0 Å². The second kappa shape index (κ2) is 6.26. The van der Waals surface area contributed by atoms with Crippen molar-refractivity contribution >= 4 is 20.2 Å². The predicted octanol–water partition coefficient (Wildman–Crippen LogP) is 2.47. The molecule has 5 nitrogen and oxygen atoms in total. The zero-order chi connectivity index (χ0) is 15.6. The van der Waals surface area contributed by atoms with Crippen LogP contribution in [0.1, 0.15) is 40.0 Å². The summed E-state index contributed by atoms with van der Waals surface area (Å²) >= 11 is 0. The van der Waals surface area contributed by atoms with Gasteiger partial charge in [-0.3, -0.25) is 9.59 Å². The molecule has 0 aromatic carbocycles. The third-order valence-electron chi connectivity index (χ3n) is 4.46. The maximum atomic E-state index is 11.8. The van der Waals surface area contributed by atoms with Gasteiger partial charge in [-0.2, -0.15) is 0 Å². The van der Waals surface area contributed by atoms with Gasteiger partial charge in [-0.05, 0) is 24.6 Å². The number of amides is 1. The Morgan fingerprint density at radius 1 is 1.45 bits per heavy atom. The van der Waals surface area contributed by atoms with E-state index in [1.54, 1.807) is 4.90 Å². The second-order valence-electron chi connectivity index (χ2n) is 6.99. The molecule has 0 spiro atoms. The molecule has 0 bridgehead atoms. The molecule has 1 fully saturated rings. The number of carboxylic acids is 1. The highest BCUT2D eigenvalue weighted by Crippen LogP contribution is 2.37. The minimum atomic E-state index is -1.82. The number of nitrogens with zero attached hydrogens (tertiary/aromatic N) is 1. The lowest BCUT2D eigenvalue weighted by Crippen LogP contribution is -2.45. The van der Waals surface area contributed by atoms with Crippen LogP contribution in [0.4, 0.5) is 0 Å². The molecule has 1 aliphatic rings. The van der Waals surface area contributed by atoms with E-state index < -0.39 is 14.3 Å². The van der Waals surface area contributed by atoms with Gasteiger partial charge in [-0.1, -0.05) is 20.8 Å².